The smallest absolute Gasteiger partial charge is 0.211 e. The Balaban J connectivity index is 0.00000272. The fraction of sp³-hybridized carbons (Fsp3) is 0.250. The molecule has 2 aromatic carbocycles. The van der Waals surface area contributed by atoms with Gasteiger partial charge < -0.3 is 25.7 Å². The molecule has 0 radical (unpaired) electrons. The Morgan fingerprint density at radius 1 is 1.13 bits per heavy atom. The predicted octanol–water partition coefficient (Wildman–Crippen LogP) is 3.44. The first-order chi connectivity index (χ1) is 14.5. The molecule has 1 atom stereocenters. The van der Waals surface area contributed by atoms with Crippen LogP contribution in [0.4, 0.5) is 0 Å². The molecule has 164 valence electrons. The van der Waals surface area contributed by atoms with Crippen LogP contribution in [-0.4, -0.2) is 43.2 Å². The molecule has 1 heterocycles. The van der Waals surface area contributed by atoms with Crippen LogP contribution in [0, 0.1) is 0 Å². The molecule has 1 unspecified atom stereocenters. The third-order valence-electron chi connectivity index (χ3n) is 4.69. The van der Waals surface area contributed by atoms with Crippen molar-refractivity contribution in [3.63, 3.8) is 0 Å². The average molecular weight is 480 g/mol. The van der Waals surface area contributed by atoms with E-state index in [4.69, 9.17) is 30.7 Å². The maximum atomic E-state index is 5.67. The van der Waals surface area contributed by atoms with Gasteiger partial charge in [0.2, 0.25) is 11.7 Å². The van der Waals surface area contributed by atoms with Crippen molar-refractivity contribution in [2.24, 2.45) is 21.7 Å². The maximum absolute atomic E-state index is 5.67. The molecule has 0 bridgehead atoms. The van der Waals surface area contributed by atoms with E-state index < -0.39 is 0 Å². The second-order valence-electron chi connectivity index (χ2n) is 6.44. The first-order valence-electron chi connectivity index (χ1n) is 9.06. The van der Waals surface area contributed by atoms with Crippen LogP contribution in [0.2, 0.25) is 0 Å². The summed E-state index contributed by atoms with van der Waals surface area (Å²) in [6.45, 7) is 0. The molecule has 1 aliphatic carbocycles. The van der Waals surface area contributed by atoms with Gasteiger partial charge in [0.05, 0.1) is 42.5 Å². The van der Waals surface area contributed by atoms with Crippen LogP contribution in [0.25, 0.3) is 10.2 Å². The molecule has 0 saturated carbocycles. The van der Waals surface area contributed by atoms with E-state index in [1.54, 1.807) is 44.4 Å². The van der Waals surface area contributed by atoms with E-state index in [1.807, 2.05) is 24.3 Å². The quantitative estimate of drug-likeness (QED) is 0.316. The fourth-order valence-electron chi connectivity index (χ4n) is 3.45. The standard InChI is InChI=1S/C20H21N5O3S2.ClH/c1-26-13-8-10-11(17(27-2)18(13)28-3)9-15(16(10)24-25-19(21)22)30-20-23-12-6-4-5-7-14(12)29-20;/h4-8,15H,9H2,1-3H3,(H4,21,22,25);1H/b24-16+;. The van der Waals surface area contributed by atoms with Gasteiger partial charge in [-0.1, -0.05) is 23.9 Å². The second kappa shape index (κ2) is 9.63. The van der Waals surface area contributed by atoms with Gasteiger partial charge in [0.1, 0.15) is 0 Å². The minimum absolute atomic E-state index is 0. The number of hydrogen-bond acceptors (Lipinski definition) is 8. The number of ether oxygens (including phenoxy) is 3. The number of guanidine groups is 1. The number of para-hydroxylation sites is 1. The van der Waals surface area contributed by atoms with Crippen molar-refractivity contribution in [2.45, 2.75) is 16.0 Å². The Labute approximate surface area is 194 Å². The lowest BCUT2D eigenvalue weighted by molar-refractivity contribution is 0.322. The van der Waals surface area contributed by atoms with Gasteiger partial charge in [-0.05, 0) is 24.6 Å². The van der Waals surface area contributed by atoms with E-state index in [2.05, 4.69) is 16.3 Å². The predicted molar refractivity (Wildman–Crippen MR) is 129 cm³/mol. The molecule has 0 saturated heterocycles. The van der Waals surface area contributed by atoms with E-state index in [0.717, 1.165) is 31.4 Å². The summed E-state index contributed by atoms with van der Waals surface area (Å²) in [5, 5.41) is 8.22. The number of aromatic nitrogens is 1. The van der Waals surface area contributed by atoms with Crippen LogP contribution in [0.1, 0.15) is 11.1 Å². The molecule has 4 N–H and O–H groups in total. The van der Waals surface area contributed by atoms with Crippen LogP contribution in [0.15, 0.2) is 44.9 Å². The minimum atomic E-state index is -0.105. The lowest BCUT2D eigenvalue weighted by Gasteiger charge is -2.15. The van der Waals surface area contributed by atoms with Crippen LogP contribution in [0.5, 0.6) is 17.2 Å². The molecule has 8 nitrogen and oxygen atoms in total. The van der Waals surface area contributed by atoms with Crippen LogP contribution < -0.4 is 25.7 Å². The molecule has 0 spiro atoms. The van der Waals surface area contributed by atoms with Gasteiger partial charge in [-0.15, -0.1) is 28.8 Å². The third-order valence-corrected chi connectivity index (χ3v) is 7.03. The minimum Gasteiger partial charge on any atom is -0.493 e. The van der Waals surface area contributed by atoms with Crippen LogP contribution >= 0.6 is 35.5 Å². The van der Waals surface area contributed by atoms with Crippen LogP contribution in [-0.2, 0) is 6.42 Å². The van der Waals surface area contributed by atoms with E-state index in [-0.39, 0.29) is 23.6 Å². The molecule has 0 fully saturated rings. The fourth-order valence-corrected chi connectivity index (χ4v) is 5.89. The molecule has 31 heavy (non-hydrogen) atoms. The first-order valence-corrected chi connectivity index (χ1v) is 10.8. The van der Waals surface area contributed by atoms with E-state index in [1.165, 1.54) is 0 Å². The molecule has 11 heteroatoms. The number of nitrogens with zero attached hydrogens (tertiary/aromatic N) is 3. The monoisotopic (exact) mass is 479 g/mol. The average Bonchev–Trinajstić information content (AvgIpc) is 3.30. The number of benzene rings is 2. The van der Waals surface area contributed by atoms with E-state index in [0.29, 0.717) is 23.7 Å². The van der Waals surface area contributed by atoms with Gasteiger partial charge >= 0.3 is 0 Å². The molecule has 0 amide bonds. The SMILES string of the molecule is COc1cc2c(c(OC)c1OC)CC(Sc1nc3ccccc3s1)/C2=N/N=C(N)N.Cl. The van der Waals surface area contributed by atoms with Crippen molar-refractivity contribution < 1.29 is 14.2 Å². The number of rotatable bonds is 6. The van der Waals surface area contributed by atoms with Crippen molar-refractivity contribution in [1.82, 2.24) is 4.98 Å². The highest BCUT2D eigenvalue weighted by Gasteiger charge is 2.36. The Hall–Kier alpha value is -2.69. The molecular weight excluding hydrogens is 458 g/mol. The molecule has 4 rings (SSSR count). The summed E-state index contributed by atoms with van der Waals surface area (Å²) >= 11 is 3.27. The zero-order chi connectivity index (χ0) is 21.3. The third kappa shape index (κ3) is 4.36. The Morgan fingerprint density at radius 3 is 2.52 bits per heavy atom. The molecule has 3 aromatic rings. The summed E-state index contributed by atoms with van der Waals surface area (Å²) in [7, 11) is 4.78. The first kappa shape index (κ1) is 23.0. The summed E-state index contributed by atoms with van der Waals surface area (Å²) in [6, 6.07) is 9.95. The number of thioether (sulfide) groups is 1. The number of halogens is 1. The van der Waals surface area contributed by atoms with Crippen molar-refractivity contribution in [3.8, 4) is 17.2 Å². The highest BCUT2D eigenvalue weighted by Crippen LogP contribution is 2.48. The Bertz CT molecular complexity index is 1130. The molecule has 1 aromatic heterocycles. The highest BCUT2D eigenvalue weighted by atomic mass is 35.5. The zero-order valence-corrected chi connectivity index (χ0v) is 19.6. The highest BCUT2D eigenvalue weighted by molar-refractivity contribution is 8.02. The number of methoxy groups -OCH3 is 3. The number of nitrogens with two attached hydrogens (primary N) is 2. The Morgan fingerprint density at radius 2 is 1.87 bits per heavy atom. The van der Waals surface area contributed by atoms with Crippen molar-refractivity contribution in [2.75, 3.05) is 21.3 Å². The van der Waals surface area contributed by atoms with Gasteiger partial charge in [0.25, 0.3) is 0 Å². The normalized spacial score (nSPS) is 16.0. The molecule has 0 aliphatic heterocycles. The van der Waals surface area contributed by atoms with Gasteiger partial charge in [-0.3, -0.25) is 0 Å². The number of fused-ring (bicyclic) bond motifs is 2. The lowest BCUT2D eigenvalue weighted by Crippen LogP contribution is -2.22. The number of hydrogen-bond donors (Lipinski definition) is 2. The molecule has 1 aliphatic rings. The summed E-state index contributed by atoms with van der Waals surface area (Å²) in [5.74, 6) is 1.62. The molecular formula is C20H22ClN5O3S2. The summed E-state index contributed by atoms with van der Waals surface area (Å²) < 4.78 is 18.8. The van der Waals surface area contributed by atoms with Gasteiger partial charge in [-0.2, -0.15) is 5.10 Å². The maximum Gasteiger partial charge on any atom is 0.211 e. The summed E-state index contributed by atoms with van der Waals surface area (Å²) in [5.41, 5.74) is 14.6. The second-order valence-corrected chi connectivity index (χ2v) is 8.92. The van der Waals surface area contributed by atoms with Crippen molar-refractivity contribution in [1.29, 1.82) is 0 Å². The summed E-state index contributed by atoms with van der Waals surface area (Å²) in [4.78, 5) is 4.74. The van der Waals surface area contributed by atoms with Crippen molar-refractivity contribution >= 4 is 57.4 Å². The van der Waals surface area contributed by atoms with Crippen molar-refractivity contribution in [3.05, 3.63) is 41.5 Å². The van der Waals surface area contributed by atoms with Gasteiger partial charge in [-0.25, -0.2) is 4.98 Å². The van der Waals surface area contributed by atoms with Gasteiger partial charge in [0, 0.05) is 11.1 Å². The van der Waals surface area contributed by atoms with Gasteiger partial charge in [0.15, 0.2) is 15.8 Å². The Kier molecular flexibility index (Phi) is 7.14. The zero-order valence-electron chi connectivity index (χ0n) is 17.1. The summed E-state index contributed by atoms with van der Waals surface area (Å²) in [6.07, 6.45) is 0.665. The van der Waals surface area contributed by atoms with Crippen LogP contribution in [0.3, 0.4) is 0 Å². The largest absolute Gasteiger partial charge is 0.493 e. The number of thiazole rings is 1. The van der Waals surface area contributed by atoms with E-state index >= 15 is 0 Å². The lowest BCUT2D eigenvalue weighted by atomic mass is 10.1. The topological polar surface area (TPSA) is 117 Å². The van der Waals surface area contributed by atoms with E-state index in [9.17, 15) is 0 Å².